The normalized spacial score (nSPS) is 23.6. The van der Waals surface area contributed by atoms with Crippen LogP contribution < -0.4 is 10.6 Å². The fraction of sp³-hybridized carbons (Fsp3) is 0.688. The van der Waals surface area contributed by atoms with Crippen LogP contribution >= 0.6 is 12.4 Å². The molecule has 0 bridgehead atoms. The fourth-order valence-corrected chi connectivity index (χ4v) is 3.31. The summed E-state index contributed by atoms with van der Waals surface area (Å²) >= 11 is 0. The second kappa shape index (κ2) is 8.48. The molecule has 2 aliphatic heterocycles. The average molecular weight is 357 g/mol. The predicted molar refractivity (Wildman–Crippen MR) is 91.1 cm³/mol. The van der Waals surface area contributed by atoms with Crippen LogP contribution in [0.25, 0.3) is 0 Å². The molecule has 24 heavy (non-hydrogen) atoms. The molecule has 0 saturated carbocycles. The highest BCUT2D eigenvalue weighted by Crippen LogP contribution is 2.18. The molecule has 2 saturated heterocycles. The Labute approximate surface area is 147 Å². The minimum Gasteiger partial charge on any atom is -0.354 e. The summed E-state index contributed by atoms with van der Waals surface area (Å²) in [5, 5.41) is 9.99. The molecule has 8 heteroatoms. The molecule has 1 aromatic rings. The van der Waals surface area contributed by atoms with E-state index in [-0.39, 0.29) is 30.3 Å². The molecule has 2 N–H and O–H groups in total. The molecule has 2 aliphatic rings. The molecule has 0 aromatic carbocycles. The molecule has 7 nitrogen and oxygen atoms in total. The van der Waals surface area contributed by atoms with Crippen LogP contribution in [0, 0.1) is 12.8 Å². The summed E-state index contributed by atoms with van der Waals surface area (Å²) in [6.07, 6.45) is 3.94. The minimum atomic E-state index is -0.112. The second-order valence-corrected chi connectivity index (χ2v) is 6.49. The molecular formula is C16H25ClN4O3. The molecule has 2 fully saturated rings. The maximum absolute atomic E-state index is 12.4. The molecule has 0 aliphatic carbocycles. The quantitative estimate of drug-likeness (QED) is 0.844. The zero-order valence-corrected chi connectivity index (χ0v) is 14.7. The van der Waals surface area contributed by atoms with E-state index in [0.717, 1.165) is 38.8 Å². The van der Waals surface area contributed by atoms with E-state index < -0.39 is 0 Å². The number of halogens is 1. The van der Waals surface area contributed by atoms with E-state index in [1.54, 1.807) is 17.9 Å². The van der Waals surface area contributed by atoms with Gasteiger partial charge in [0.15, 0.2) is 0 Å². The third-order valence-corrected chi connectivity index (χ3v) is 4.59. The van der Waals surface area contributed by atoms with Gasteiger partial charge >= 0.3 is 0 Å². The van der Waals surface area contributed by atoms with Crippen molar-refractivity contribution in [3.05, 3.63) is 17.5 Å². The molecule has 0 radical (unpaired) electrons. The lowest BCUT2D eigenvalue weighted by Crippen LogP contribution is -2.46. The Morgan fingerprint density at radius 2 is 2.25 bits per heavy atom. The first kappa shape index (κ1) is 18.7. The molecule has 0 spiro atoms. The monoisotopic (exact) mass is 356 g/mol. The smallest absolute Gasteiger partial charge is 0.292 e. The lowest BCUT2D eigenvalue weighted by molar-refractivity contribution is -0.123. The van der Waals surface area contributed by atoms with Gasteiger partial charge in [0.25, 0.3) is 5.91 Å². The first-order valence-electron chi connectivity index (χ1n) is 8.37. The standard InChI is InChI=1S/C16H24N4O3.ClH/c1-11-8-14(23-19-11)16(22)20-7-3-4-12(10-20)9-18-15(21)13-5-2-6-17-13;/h8,12-13,17H,2-7,9-10H2,1H3,(H,18,21);1H. The first-order valence-corrected chi connectivity index (χ1v) is 8.37. The van der Waals surface area contributed by atoms with Gasteiger partial charge < -0.3 is 20.1 Å². The lowest BCUT2D eigenvalue weighted by Gasteiger charge is -2.32. The number of hydrogen-bond acceptors (Lipinski definition) is 5. The molecular weight excluding hydrogens is 332 g/mol. The van der Waals surface area contributed by atoms with Gasteiger partial charge in [0, 0.05) is 25.7 Å². The number of amides is 2. The number of piperidine rings is 1. The van der Waals surface area contributed by atoms with Gasteiger partial charge in [-0.3, -0.25) is 9.59 Å². The minimum absolute atomic E-state index is 0. The number of carbonyl (C=O) groups is 2. The van der Waals surface area contributed by atoms with Crippen molar-refractivity contribution >= 4 is 24.2 Å². The Morgan fingerprint density at radius 1 is 1.42 bits per heavy atom. The molecule has 1 aromatic heterocycles. The Bertz CT molecular complexity index is 571. The number of hydrogen-bond donors (Lipinski definition) is 2. The van der Waals surface area contributed by atoms with Gasteiger partial charge in [0.2, 0.25) is 11.7 Å². The SMILES string of the molecule is Cc1cc(C(=O)N2CCCC(CNC(=O)C3CCCN3)C2)on1.Cl. The van der Waals surface area contributed by atoms with E-state index in [0.29, 0.717) is 30.5 Å². The third kappa shape index (κ3) is 4.48. The summed E-state index contributed by atoms with van der Waals surface area (Å²) in [5.41, 5.74) is 0.707. The van der Waals surface area contributed by atoms with Gasteiger partial charge in [0.1, 0.15) is 0 Å². The highest BCUT2D eigenvalue weighted by molar-refractivity contribution is 5.91. The van der Waals surface area contributed by atoms with E-state index in [1.807, 2.05) is 0 Å². The van der Waals surface area contributed by atoms with Crippen molar-refractivity contribution in [2.45, 2.75) is 38.6 Å². The summed E-state index contributed by atoms with van der Waals surface area (Å²) in [6.45, 7) is 4.71. The Kier molecular flexibility index (Phi) is 6.62. The van der Waals surface area contributed by atoms with Crippen molar-refractivity contribution in [3.8, 4) is 0 Å². The van der Waals surface area contributed by atoms with Crippen LogP contribution in [0.3, 0.4) is 0 Å². The van der Waals surface area contributed by atoms with Crippen LogP contribution in [-0.2, 0) is 4.79 Å². The number of aromatic nitrogens is 1. The van der Waals surface area contributed by atoms with Crippen LogP contribution in [0.4, 0.5) is 0 Å². The molecule has 2 unspecified atom stereocenters. The van der Waals surface area contributed by atoms with Gasteiger partial charge in [-0.1, -0.05) is 5.16 Å². The van der Waals surface area contributed by atoms with E-state index >= 15 is 0 Å². The van der Waals surface area contributed by atoms with E-state index in [4.69, 9.17) is 4.52 Å². The summed E-state index contributed by atoms with van der Waals surface area (Å²) in [7, 11) is 0. The number of nitrogens with one attached hydrogen (secondary N) is 2. The summed E-state index contributed by atoms with van der Waals surface area (Å²) in [6, 6.07) is 1.62. The molecule has 3 rings (SSSR count). The fourth-order valence-electron chi connectivity index (χ4n) is 3.31. The number of nitrogens with zero attached hydrogens (tertiary/aromatic N) is 2. The lowest BCUT2D eigenvalue weighted by atomic mass is 9.97. The Morgan fingerprint density at radius 3 is 2.92 bits per heavy atom. The van der Waals surface area contributed by atoms with Crippen LogP contribution in [-0.4, -0.2) is 54.1 Å². The van der Waals surface area contributed by atoms with Crippen molar-refractivity contribution in [2.24, 2.45) is 5.92 Å². The maximum Gasteiger partial charge on any atom is 0.292 e. The van der Waals surface area contributed by atoms with E-state index in [2.05, 4.69) is 15.8 Å². The second-order valence-electron chi connectivity index (χ2n) is 6.49. The van der Waals surface area contributed by atoms with Gasteiger partial charge in [-0.15, -0.1) is 12.4 Å². The van der Waals surface area contributed by atoms with Gasteiger partial charge in [-0.25, -0.2) is 0 Å². The van der Waals surface area contributed by atoms with Crippen LogP contribution in [0.5, 0.6) is 0 Å². The molecule has 2 atom stereocenters. The average Bonchev–Trinajstić information content (AvgIpc) is 3.24. The number of rotatable bonds is 4. The number of likely N-dealkylation sites (tertiary alicyclic amines) is 1. The van der Waals surface area contributed by atoms with E-state index in [9.17, 15) is 9.59 Å². The van der Waals surface area contributed by atoms with Crippen molar-refractivity contribution in [1.82, 2.24) is 20.7 Å². The van der Waals surface area contributed by atoms with Crippen molar-refractivity contribution in [3.63, 3.8) is 0 Å². The summed E-state index contributed by atoms with van der Waals surface area (Å²) < 4.78 is 5.06. The molecule has 134 valence electrons. The number of carbonyl (C=O) groups excluding carboxylic acids is 2. The van der Waals surface area contributed by atoms with E-state index in [1.165, 1.54) is 0 Å². The third-order valence-electron chi connectivity index (χ3n) is 4.59. The molecule has 3 heterocycles. The van der Waals surface area contributed by atoms with Gasteiger partial charge in [-0.05, 0) is 45.1 Å². The zero-order chi connectivity index (χ0) is 16.2. The number of aryl methyl sites for hydroxylation is 1. The van der Waals surface area contributed by atoms with Gasteiger partial charge in [0.05, 0.1) is 11.7 Å². The first-order chi connectivity index (χ1) is 11.1. The highest BCUT2D eigenvalue weighted by atomic mass is 35.5. The molecule has 2 amide bonds. The van der Waals surface area contributed by atoms with Gasteiger partial charge in [-0.2, -0.15) is 0 Å². The van der Waals surface area contributed by atoms with Crippen molar-refractivity contribution in [2.75, 3.05) is 26.2 Å². The highest BCUT2D eigenvalue weighted by Gasteiger charge is 2.28. The zero-order valence-electron chi connectivity index (χ0n) is 13.9. The van der Waals surface area contributed by atoms with Crippen molar-refractivity contribution in [1.29, 1.82) is 0 Å². The maximum atomic E-state index is 12.4. The largest absolute Gasteiger partial charge is 0.354 e. The topological polar surface area (TPSA) is 87.5 Å². The Balaban J connectivity index is 0.00000208. The predicted octanol–water partition coefficient (Wildman–Crippen LogP) is 1.13. The van der Waals surface area contributed by atoms with Crippen molar-refractivity contribution < 1.29 is 14.1 Å². The summed E-state index contributed by atoms with van der Waals surface area (Å²) in [4.78, 5) is 26.3. The summed E-state index contributed by atoms with van der Waals surface area (Å²) in [5.74, 6) is 0.556. The van der Waals surface area contributed by atoms with Crippen LogP contribution in [0.1, 0.15) is 41.9 Å². The van der Waals surface area contributed by atoms with Crippen LogP contribution in [0.15, 0.2) is 10.6 Å². The Hall–Kier alpha value is -1.60. The van der Waals surface area contributed by atoms with Crippen LogP contribution in [0.2, 0.25) is 0 Å².